The van der Waals surface area contributed by atoms with Crippen LogP contribution in [0.15, 0.2) is 0 Å². The third kappa shape index (κ3) is 4.33. The van der Waals surface area contributed by atoms with Crippen molar-refractivity contribution in [2.45, 2.75) is 38.2 Å². The van der Waals surface area contributed by atoms with E-state index in [0.717, 1.165) is 0 Å². The van der Waals surface area contributed by atoms with E-state index in [1.165, 1.54) is 0 Å². The molecule has 0 amide bonds. The van der Waals surface area contributed by atoms with Gasteiger partial charge in [0.2, 0.25) is 0 Å². The van der Waals surface area contributed by atoms with Crippen LogP contribution >= 0.6 is 0 Å². The van der Waals surface area contributed by atoms with E-state index in [1.54, 1.807) is 13.8 Å². The summed E-state index contributed by atoms with van der Waals surface area (Å²) in [6.07, 6.45) is -6.98. The van der Waals surface area contributed by atoms with Crippen LogP contribution in [0.3, 0.4) is 0 Å². The van der Waals surface area contributed by atoms with Gasteiger partial charge in [0.05, 0.1) is 6.61 Å². The average molecular weight is 230 g/mol. The molecule has 0 spiro atoms. The van der Waals surface area contributed by atoms with Crippen molar-refractivity contribution >= 4 is 0 Å². The first-order chi connectivity index (χ1) is 6.70. The lowest BCUT2D eigenvalue weighted by Crippen LogP contribution is -2.35. The molecule has 0 aromatic heterocycles. The number of aliphatic hydroxyl groups is 1. The summed E-state index contributed by atoms with van der Waals surface area (Å²) in [4.78, 5) is 0. The van der Waals surface area contributed by atoms with Crippen molar-refractivity contribution < 1.29 is 32.5 Å². The second kappa shape index (κ2) is 4.25. The molecule has 1 rings (SSSR count). The van der Waals surface area contributed by atoms with E-state index in [2.05, 4.69) is 4.74 Å². The Balaban J connectivity index is 2.33. The van der Waals surface area contributed by atoms with Gasteiger partial charge in [-0.1, -0.05) is 0 Å². The Morgan fingerprint density at radius 3 is 2.53 bits per heavy atom. The molecule has 2 unspecified atom stereocenters. The first kappa shape index (κ1) is 12.7. The maximum atomic E-state index is 11.7. The maximum absolute atomic E-state index is 11.7. The van der Waals surface area contributed by atoms with Crippen LogP contribution in [-0.2, 0) is 14.2 Å². The quantitative estimate of drug-likeness (QED) is 0.736. The smallest absolute Gasteiger partial charge is 0.366 e. The summed E-state index contributed by atoms with van der Waals surface area (Å²) < 4.78 is 49.6. The largest absolute Gasteiger partial charge is 0.411 e. The van der Waals surface area contributed by atoms with Gasteiger partial charge in [0, 0.05) is 0 Å². The molecular formula is C8H13F3O4. The molecule has 1 fully saturated rings. The summed E-state index contributed by atoms with van der Waals surface area (Å²) in [5, 5.41) is 9.22. The van der Waals surface area contributed by atoms with E-state index in [9.17, 15) is 18.3 Å². The number of hydrogen-bond acceptors (Lipinski definition) is 4. The molecule has 0 saturated carbocycles. The van der Waals surface area contributed by atoms with Gasteiger partial charge in [0.1, 0.15) is 12.7 Å². The Kier molecular flexibility index (Phi) is 3.59. The fourth-order valence-electron chi connectivity index (χ4n) is 1.14. The average Bonchev–Trinajstić information content (AvgIpc) is 2.40. The fourth-order valence-corrected chi connectivity index (χ4v) is 1.14. The van der Waals surface area contributed by atoms with Crippen molar-refractivity contribution in [1.82, 2.24) is 0 Å². The standard InChI is InChI=1S/C8H13F3O4/c1-7(2)14-3-5(15-7)6(12)13-4-8(9,10)11/h5-6,12H,3-4H2,1-2H3. The molecule has 1 N–H and O–H groups in total. The van der Waals surface area contributed by atoms with Gasteiger partial charge in [-0.25, -0.2) is 0 Å². The van der Waals surface area contributed by atoms with Gasteiger partial charge in [-0.2, -0.15) is 13.2 Å². The number of hydrogen-bond donors (Lipinski definition) is 1. The predicted molar refractivity (Wildman–Crippen MR) is 42.9 cm³/mol. The molecule has 7 heteroatoms. The van der Waals surface area contributed by atoms with Crippen molar-refractivity contribution in [1.29, 1.82) is 0 Å². The lowest BCUT2D eigenvalue weighted by molar-refractivity contribution is -0.246. The second-order valence-electron chi connectivity index (χ2n) is 3.68. The van der Waals surface area contributed by atoms with E-state index in [-0.39, 0.29) is 6.61 Å². The van der Waals surface area contributed by atoms with E-state index in [4.69, 9.17) is 9.47 Å². The Bertz CT molecular complexity index is 216. The zero-order valence-electron chi connectivity index (χ0n) is 8.37. The fraction of sp³-hybridized carbons (Fsp3) is 1.00. The van der Waals surface area contributed by atoms with Gasteiger partial charge in [-0.3, -0.25) is 0 Å². The van der Waals surface area contributed by atoms with Crippen molar-refractivity contribution in [2.24, 2.45) is 0 Å². The van der Waals surface area contributed by atoms with E-state index < -0.39 is 31.0 Å². The van der Waals surface area contributed by atoms with Gasteiger partial charge in [-0.15, -0.1) is 0 Å². The lowest BCUT2D eigenvalue weighted by Gasteiger charge is -2.20. The summed E-state index contributed by atoms with van der Waals surface area (Å²) in [5.74, 6) is -0.896. The first-order valence-corrected chi connectivity index (χ1v) is 4.38. The highest BCUT2D eigenvalue weighted by Crippen LogP contribution is 2.25. The minimum Gasteiger partial charge on any atom is -0.366 e. The molecule has 15 heavy (non-hydrogen) atoms. The molecular weight excluding hydrogens is 217 g/mol. The molecule has 1 aliphatic rings. The highest BCUT2D eigenvalue weighted by Gasteiger charge is 2.39. The summed E-state index contributed by atoms with van der Waals surface area (Å²) in [5.41, 5.74) is 0. The third-order valence-electron chi connectivity index (χ3n) is 1.77. The zero-order chi connectivity index (χ0) is 11.7. The topological polar surface area (TPSA) is 47.9 Å². The van der Waals surface area contributed by atoms with Gasteiger partial charge >= 0.3 is 6.18 Å². The van der Waals surface area contributed by atoms with Crippen LogP contribution in [0.25, 0.3) is 0 Å². The van der Waals surface area contributed by atoms with E-state index in [0.29, 0.717) is 0 Å². The van der Waals surface area contributed by atoms with Crippen LogP contribution in [0.5, 0.6) is 0 Å². The monoisotopic (exact) mass is 230 g/mol. The van der Waals surface area contributed by atoms with Crippen LogP contribution in [-0.4, -0.2) is 42.7 Å². The second-order valence-corrected chi connectivity index (χ2v) is 3.68. The molecule has 1 heterocycles. The van der Waals surface area contributed by atoms with Gasteiger partial charge in [-0.05, 0) is 13.8 Å². The number of halogens is 3. The minimum absolute atomic E-state index is 0.00598. The van der Waals surface area contributed by atoms with Crippen LogP contribution in [0.1, 0.15) is 13.8 Å². The van der Waals surface area contributed by atoms with Crippen molar-refractivity contribution in [3.05, 3.63) is 0 Å². The van der Waals surface area contributed by atoms with Crippen LogP contribution < -0.4 is 0 Å². The highest BCUT2D eigenvalue weighted by atomic mass is 19.4. The summed E-state index contributed by atoms with van der Waals surface area (Å²) >= 11 is 0. The van der Waals surface area contributed by atoms with Crippen LogP contribution in [0.4, 0.5) is 13.2 Å². The van der Waals surface area contributed by atoms with Gasteiger partial charge < -0.3 is 19.3 Å². The number of aliphatic hydroxyl groups excluding tert-OH is 1. The van der Waals surface area contributed by atoms with Gasteiger partial charge in [0.25, 0.3) is 0 Å². The maximum Gasteiger partial charge on any atom is 0.411 e. The summed E-state index contributed by atoms with van der Waals surface area (Å²) in [7, 11) is 0. The normalized spacial score (nSPS) is 28.0. The number of ether oxygens (including phenoxy) is 3. The van der Waals surface area contributed by atoms with Gasteiger partial charge in [0.15, 0.2) is 12.1 Å². The van der Waals surface area contributed by atoms with E-state index in [1.807, 2.05) is 0 Å². The van der Waals surface area contributed by atoms with Crippen LogP contribution in [0.2, 0.25) is 0 Å². The highest BCUT2D eigenvalue weighted by molar-refractivity contribution is 4.73. The van der Waals surface area contributed by atoms with Crippen molar-refractivity contribution in [3.8, 4) is 0 Å². The third-order valence-corrected chi connectivity index (χ3v) is 1.77. The Labute approximate surface area is 84.9 Å². The lowest BCUT2D eigenvalue weighted by atomic mass is 10.3. The number of rotatable bonds is 3. The Morgan fingerprint density at radius 2 is 2.13 bits per heavy atom. The predicted octanol–water partition coefficient (Wildman–Crippen LogP) is 1.04. The first-order valence-electron chi connectivity index (χ1n) is 4.38. The number of alkyl halides is 3. The molecule has 90 valence electrons. The minimum atomic E-state index is -4.46. The Hall–Kier alpha value is -0.370. The van der Waals surface area contributed by atoms with E-state index >= 15 is 0 Å². The molecule has 0 aliphatic carbocycles. The molecule has 0 bridgehead atoms. The zero-order valence-corrected chi connectivity index (χ0v) is 8.37. The molecule has 2 atom stereocenters. The molecule has 0 aromatic carbocycles. The summed E-state index contributed by atoms with van der Waals surface area (Å²) in [6.45, 7) is 1.70. The molecule has 1 saturated heterocycles. The summed E-state index contributed by atoms with van der Waals surface area (Å²) in [6, 6.07) is 0. The SMILES string of the molecule is CC1(C)OCC(C(O)OCC(F)(F)F)O1. The Morgan fingerprint density at radius 1 is 1.53 bits per heavy atom. The molecule has 0 radical (unpaired) electrons. The van der Waals surface area contributed by atoms with Crippen LogP contribution in [0, 0.1) is 0 Å². The molecule has 4 nitrogen and oxygen atoms in total. The van der Waals surface area contributed by atoms with Crippen molar-refractivity contribution in [3.63, 3.8) is 0 Å². The molecule has 1 aliphatic heterocycles. The molecule has 0 aromatic rings. The van der Waals surface area contributed by atoms with Crippen molar-refractivity contribution in [2.75, 3.05) is 13.2 Å².